The quantitative estimate of drug-likeness (QED) is 0.822. The van der Waals surface area contributed by atoms with E-state index in [4.69, 9.17) is 9.84 Å². The third-order valence-electron chi connectivity index (χ3n) is 1.94. The molecular formula is C12H17NO3. The van der Waals surface area contributed by atoms with Crippen LogP contribution in [-0.2, 0) is 11.2 Å². The third kappa shape index (κ3) is 4.31. The number of aliphatic hydroxyl groups excluding tert-OH is 1. The molecule has 0 atom stereocenters. The van der Waals surface area contributed by atoms with Crippen LogP contribution in [0.4, 0.5) is 10.5 Å². The summed E-state index contributed by atoms with van der Waals surface area (Å²) in [5.41, 5.74) is 1.72. The van der Waals surface area contributed by atoms with Crippen LogP contribution in [0.15, 0.2) is 24.3 Å². The van der Waals surface area contributed by atoms with Crippen molar-refractivity contribution in [3.05, 3.63) is 29.8 Å². The molecule has 0 aliphatic carbocycles. The maximum absolute atomic E-state index is 11.3. The highest BCUT2D eigenvalue weighted by Crippen LogP contribution is 2.10. The molecule has 1 aromatic rings. The van der Waals surface area contributed by atoms with Crippen LogP contribution in [0.3, 0.4) is 0 Å². The summed E-state index contributed by atoms with van der Waals surface area (Å²) in [5, 5.41) is 11.4. The highest BCUT2D eigenvalue weighted by Gasteiger charge is 2.04. The fraction of sp³-hybridized carbons (Fsp3) is 0.417. The van der Waals surface area contributed by atoms with Crippen molar-refractivity contribution in [2.45, 2.75) is 26.4 Å². The van der Waals surface area contributed by atoms with Crippen LogP contribution in [0.1, 0.15) is 19.4 Å². The van der Waals surface area contributed by atoms with Gasteiger partial charge in [-0.2, -0.15) is 0 Å². The van der Waals surface area contributed by atoms with Crippen LogP contribution < -0.4 is 5.32 Å². The number of hydrogen-bond acceptors (Lipinski definition) is 3. The van der Waals surface area contributed by atoms with E-state index >= 15 is 0 Å². The fourth-order valence-corrected chi connectivity index (χ4v) is 1.25. The van der Waals surface area contributed by atoms with Gasteiger partial charge in [0.15, 0.2) is 0 Å². The van der Waals surface area contributed by atoms with Crippen molar-refractivity contribution in [2.75, 3.05) is 11.9 Å². The summed E-state index contributed by atoms with van der Waals surface area (Å²) < 4.78 is 4.94. The normalized spacial score (nSPS) is 10.2. The smallest absolute Gasteiger partial charge is 0.411 e. The monoisotopic (exact) mass is 223 g/mol. The molecule has 2 N–H and O–H groups in total. The van der Waals surface area contributed by atoms with Gasteiger partial charge in [-0.3, -0.25) is 5.32 Å². The molecule has 0 radical (unpaired) electrons. The van der Waals surface area contributed by atoms with E-state index in [-0.39, 0.29) is 12.7 Å². The number of anilines is 1. The van der Waals surface area contributed by atoms with Crippen LogP contribution in [0.5, 0.6) is 0 Å². The molecule has 16 heavy (non-hydrogen) atoms. The number of ether oxygens (including phenoxy) is 1. The lowest BCUT2D eigenvalue weighted by Crippen LogP contribution is -2.17. The minimum absolute atomic E-state index is 0.127. The Balaban J connectivity index is 2.51. The van der Waals surface area contributed by atoms with Crippen molar-refractivity contribution in [3.63, 3.8) is 0 Å². The Morgan fingerprint density at radius 2 is 2.00 bits per heavy atom. The van der Waals surface area contributed by atoms with E-state index in [9.17, 15) is 4.79 Å². The highest BCUT2D eigenvalue weighted by atomic mass is 16.6. The molecule has 0 heterocycles. The van der Waals surface area contributed by atoms with Crippen LogP contribution >= 0.6 is 0 Å². The largest absolute Gasteiger partial charge is 0.447 e. The van der Waals surface area contributed by atoms with Crippen molar-refractivity contribution < 1.29 is 14.6 Å². The minimum atomic E-state index is -0.454. The van der Waals surface area contributed by atoms with Crippen LogP contribution in [0, 0.1) is 0 Å². The molecule has 0 aliphatic rings. The summed E-state index contributed by atoms with van der Waals surface area (Å²) in [4.78, 5) is 11.3. The van der Waals surface area contributed by atoms with Gasteiger partial charge in [0.1, 0.15) is 0 Å². The summed E-state index contributed by atoms with van der Waals surface area (Å²) in [6.45, 7) is 3.72. The van der Waals surface area contributed by atoms with Crippen molar-refractivity contribution >= 4 is 11.8 Å². The Hall–Kier alpha value is -1.55. The van der Waals surface area contributed by atoms with Crippen molar-refractivity contribution in [1.82, 2.24) is 0 Å². The van der Waals surface area contributed by atoms with Gasteiger partial charge in [0.05, 0.1) is 6.10 Å². The van der Waals surface area contributed by atoms with Crippen LogP contribution in [-0.4, -0.2) is 23.9 Å². The number of hydrogen-bond donors (Lipinski definition) is 2. The zero-order valence-corrected chi connectivity index (χ0v) is 9.56. The average molecular weight is 223 g/mol. The van der Waals surface area contributed by atoms with Crippen LogP contribution in [0.2, 0.25) is 0 Å². The van der Waals surface area contributed by atoms with Crippen LogP contribution in [0.25, 0.3) is 0 Å². The van der Waals surface area contributed by atoms with E-state index in [1.54, 1.807) is 26.0 Å². The second-order valence-corrected chi connectivity index (χ2v) is 3.75. The highest BCUT2D eigenvalue weighted by molar-refractivity contribution is 5.84. The summed E-state index contributed by atoms with van der Waals surface area (Å²) in [6.07, 6.45) is 0.0371. The Kier molecular flexibility index (Phi) is 4.79. The predicted molar refractivity (Wildman–Crippen MR) is 62.5 cm³/mol. The van der Waals surface area contributed by atoms with E-state index in [1.807, 2.05) is 12.1 Å². The van der Waals surface area contributed by atoms with Gasteiger partial charge < -0.3 is 9.84 Å². The molecule has 4 heteroatoms. The topological polar surface area (TPSA) is 58.6 Å². The number of carbonyl (C=O) groups is 1. The lowest BCUT2D eigenvalue weighted by molar-refractivity contribution is 0.130. The summed E-state index contributed by atoms with van der Waals surface area (Å²) in [7, 11) is 0. The molecule has 0 unspecified atom stereocenters. The first-order chi connectivity index (χ1) is 7.61. The molecule has 0 aliphatic heterocycles. The molecule has 0 aromatic heterocycles. The molecule has 4 nitrogen and oxygen atoms in total. The summed E-state index contributed by atoms with van der Waals surface area (Å²) in [6, 6.07) is 7.29. The second kappa shape index (κ2) is 6.12. The SMILES string of the molecule is CC(C)OC(=O)Nc1ccc(CCO)cc1. The van der Waals surface area contributed by atoms with Gasteiger partial charge in [-0.25, -0.2) is 4.79 Å². The predicted octanol–water partition coefficient (Wildman–Crippen LogP) is 2.18. The minimum Gasteiger partial charge on any atom is -0.447 e. The van der Waals surface area contributed by atoms with Gasteiger partial charge in [0.25, 0.3) is 0 Å². The molecular weight excluding hydrogens is 206 g/mol. The van der Waals surface area contributed by atoms with E-state index in [0.29, 0.717) is 12.1 Å². The summed E-state index contributed by atoms with van der Waals surface area (Å²) >= 11 is 0. The first-order valence-corrected chi connectivity index (χ1v) is 5.29. The van der Waals surface area contributed by atoms with Gasteiger partial charge in [-0.1, -0.05) is 12.1 Å². The number of nitrogens with one attached hydrogen (secondary N) is 1. The maximum atomic E-state index is 11.3. The van der Waals surface area contributed by atoms with E-state index < -0.39 is 6.09 Å². The van der Waals surface area contributed by atoms with Gasteiger partial charge >= 0.3 is 6.09 Å². The Bertz CT molecular complexity index is 333. The fourth-order valence-electron chi connectivity index (χ4n) is 1.25. The summed E-state index contributed by atoms with van der Waals surface area (Å²) in [5.74, 6) is 0. The van der Waals surface area contributed by atoms with E-state index in [0.717, 1.165) is 5.56 Å². The van der Waals surface area contributed by atoms with E-state index in [2.05, 4.69) is 5.32 Å². The molecule has 0 saturated heterocycles. The van der Waals surface area contributed by atoms with Crippen molar-refractivity contribution in [2.24, 2.45) is 0 Å². The van der Waals surface area contributed by atoms with Gasteiger partial charge in [-0.05, 0) is 38.0 Å². The number of aliphatic hydroxyl groups is 1. The van der Waals surface area contributed by atoms with Gasteiger partial charge in [0, 0.05) is 12.3 Å². The lowest BCUT2D eigenvalue weighted by Gasteiger charge is -2.09. The number of carbonyl (C=O) groups excluding carboxylic acids is 1. The molecule has 1 amide bonds. The molecule has 1 rings (SSSR count). The molecule has 1 aromatic carbocycles. The number of rotatable bonds is 4. The second-order valence-electron chi connectivity index (χ2n) is 3.75. The van der Waals surface area contributed by atoms with Gasteiger partial charge in [-0.15, -0.1) is 0 Å². The molecule has 0 bridgehead atoms. The standard InChI is InChI=1S/C12H17NO3/c1-9(2)16-12(15)13-11-5-3-10(4-6-11)7-8-14/h3-6,9,14H,7-8H2,1-2H3,(H,13,15). The third-order valence-corrected chi connectivity index (χ3v) is 1.94. The Labute approximate surface area is 95.2 Å². The first kappa shape index (κ1) is 12.5. The number of benzene rings is 1. The van der Waals surface area contributed by atoms with E-state index in [1.165, 1.54) is 0 Å². The zero-order chi connectivity index (χ0) is 12.0. The molecule has 88 valence electrons. The molecule has 0 saturated carbocycles. The lowest BCUT2D eigenvalue weighted by atomic mass is 10.1. The molecule has 0 fully saturated rings. The van der Waals surface area contributed by atoms with Crippen molar-refractivity contribution in [3.8, 4) is 0 Å². The van der Waals surface area contributed by atoms with Gasteiger partial charge in [0.2, 0.25) is 0 Å². The van der Waals surface area contributed by atoms with Crippen molar-refractivity contribution in [1.29, 1.82) is 0 Å². The zero-order valence-electron chi connectivity index (χ0n) is 9.56. The Morgan fingerprint density at radius 1 is 1.38 bits per heavy atom. The average Bonchev–Trinajstić information content (AvgIpc) is 2.20. The number of amides is 1. The maximum Gasteiger partial charge on any atom is 0.411 e. The molecule has 0 spiro atoms. The first-order valence-electron chi connectivity index (χ1n) is 5.29. The Morgan fingerprint density at radius 3 is 2.50 bits per heavy atom.